The number of piperidine rings is 1. The van der Waals surface area contributed by atoms with Crippen LogP contribution in [0.4, 0.5) is 0 Å². The molecule has 2 saturated heterocycles. The van der Waals surface area contributed by atoms with Crippen LogP contribution in [0.3, 0.4) is 0 Å². The second-order valence-electron chi connectivity index (χ2n) is 7.59. The minimum absolute atomic E-state index is 0.0681. The van der Waals surface area contributed by atoms with E-state index in [1.165, 1.54) is 5.56 Å². The zero-order valence-corrected chi connectivity index (χ0v) is 16.3. The van der Waals surface area contributed by atoms with E-state index in [0.29, 0.717) is 25.7 Å². The Morgan fingerprint density at radius 2 is 1.81 bits per heavy atom. The fourth-order valence-corrected chi connectivity index (χ4v) is 4.32. The predicted molar refractivity (Wildman–Crippen MR) is 102 cm³/mol. The quantitative estimate of drug-likeness (QED) is 0.829. The summed E-state index contributed by atoms with van der Waals surface area (Å²) in [6.45, 7) is 6.48. The highest BCUT2D eigenvalue weighted by Crippen LogP contribution is 2.39. The molecule has 3 rings (SSSR count). The van der Waals surface area contributed by atoms with Crippen LogP contribution in [0.5, 0.6) is 0 Å². The van der Waals surface area contributed by atoms with Gasteiger partial charge in [0.1, 0.15) is 5.72 Å². The molecule has 1 atom stereocenters. The lowest BCUT2D eigenvalue weighted by molar-refractivity contribution is -0.169. The van der Waals surface area contributed by atoms with Crippen LogP contribution in [0.15, 0.2) is 30.3 Å². The predicted octanol–water partition coefficient (Wildman–Crippen LogP) is 2.73. The van der Waals surface area contributed by atoms with Gasteiger partial charge >= 0.3 is 5.97 Å². The van der Waals surface area contributed by atoms with Gasteiger partial charge in [-0.05, 0) is 18.4 Å². The van der Waals surface area contributed by atoms with Crippen LogP contribution in [0.1, 0.15) is 45.1 Å². The number of hydrogen-bond donors (Lipinski definition) is 1. The summed E-state index contributed by atoms with van der Waals surface area (Å²) in [7, 11) is 0. The van der Waals surface area contributed by atoms with Crippen LogP contribution < -0.4 is 0 Å². The molecule has 6 heteroatoms. The van der Waals surface area contributed by atoms with E-state index in [4.69, 9.17) is 4.74 Å². The Kier molecular flexibility index (Phi) is 6.17. The zero-order valence-electron chi connectivity index (χ0n) is 16.3. The average Bonchev–Trinajstić information content (AvgIpc) is 3.04. The fourth-order valence-electron chi connectivity index (χ4n) is 4.32. The smallest absolute Gasteiger partial charge is 0.328 e. The minimum Gasteiger partial charge on any atom is -0.480 e. The zero-order chi connectivity index (χ0) is 19.4. The molecule has 2 fully saturated rings. The third-order valence-electron chi connectivity index (χ3n) is 6.00. The monoisotopic (exact) mass is 374 g/mol. The molecule has 2 heterocycles. The van der Waals surface area contributed by atoms with Crippen molar-refractivity contribution in [2.75, 3.05) is 19.7 Å². The summed E-state index contributed by atoms with van der Waals surface area (Å²) in [5, 5.41) is 9.64. The number of carbonyl (C=O) groups is 2. The summed E-state index contributed by atoms with van der Waals surface area (Å²) in [6, 6.07) is 9.43. The topological polar surface area (TPSA) is 70.1 Å². The van der Waals surface area contributed by atoms with E-state index >= 15 is 0 Å². The van der Waals surface area contributed by atoms with Crippen molar-refractivity contribution in [3.05, 3.63) is 35.9 Å². The maximum atomic E-state index is 13.1. The summed E-state index contributed by atoms with van der Waals surface area (Å²) in [5.41, 5.74) is 0.491. The number of benzene rings is 1. The van der Waals surface area contributed by atoms with Crippen LogP contribution >= 0.6 is 0 Å². The first kappa shape index (κ1) is 19.8. The number of aliphatic carboxylic acids is 1. The van der Waals surface area contributed by atoms with Gasteiger partial charge in [0.2, 0.25) is 5.91 Å². The van der Waals surface area contributed by atoms with Crippen LogP contribution in [0.2, 0.25) is 0 Å². The standard InChI is InChI=1S/C21H30N2O4/c1-3-17(4-2)19(24)23-18(20(25)26)15-27-21(23)10-12-22(13-11-21)14-16-8-6-5-7-9-16/h5-9,17-18H,3-4,10-15H2,1-2H3,(H,25,26)/t18-/m0/s1. The number of carboxylic acids is 1. The molecule has 0 aromatic heterocycles. The first-order valence-electron chi connectivity index (χ1n) is 9.97. The molecule has 27 heavy (non-hydrogen) atoms. The SMILES string of the molecule is CCC(CC)C(=O)N1[C@H](C(=O)O)COC12CCN(Cc1ccccc1)CC2. The van der Waals surface area contributed by atoms with Crippen LogP contribution in [0.25, 0.3) is 0 Å². The van der Waals surface area contributed by atoms with Gasteiger partial charge in [-0.15, -0.1) is 0 Å². The van der Waals surface area contributed by atoms with Crippen molar-refractivity contribution < 1.29 is 19.4 Å². The molecule has 148 valence electrons. The molecule has 1 spiro atoms. The van der Waals surface area contributed by atoms with E-state index in [0.717, 1.165) is 19.6 Å². The molecular weight excluding hydrogens is 344 g/mol. The lowest BCUT2D eigenvalue weighted by Crippen LogP contribution is -2.59. The maximum absolute atomic E-state index is 13.1. The number of nitrogens with zero attached hydrogens (tertiary/aromatic N) is 2. The third kappa shape index (κ3) is 4.01. The molecule has 1 aromatic carbocycles. The van der Waals surface area contributed by atoms with Gasteiger partial charge in [-0.1, -0.05) is 44.2 Å². The summed E-state index contributed by atoms with van der Waals surface area (Å²) in [6.07, 6.45) is 2.73. The molecule has 2 aliphatic heterocycles. The summed E-state index contributed by atoms with van der Waals surface area (Å²) >= 11 is 0. The highest BCUT2D eigenvalue weighted by Gasteiger charge is 2.54. The number of ether oxygens (including phenoxy) is 1. The van der Waals surface area contributed by atoms with E-state index in [-0.39, 0.29) is 18.4 Å². The maximum Gasteiger partial charge on any atom is 0.328 e. The van der Waals surface area contributed by atoms with Crippen LogP contribution in [0, 0.1) is 5.92 Å². The molecular formula is C21H30N2O4. The van der Waals surface area contributed by atoms with Gasteiger partial charge in [0.05, 0.1) is 6.61 Å². The van der Waals surface area contributed by atoms with Crippen molar-refractivity contribution >= 4 is 11.9 Å². The van der Waals surface area contributed by atoms with Gasteiger partial charge in [-0.25, -0.2) is 4.79 Å². The molecule has 6 nitrogen and oxygen atoms in total. The fraction of sp³-hybridized carbons (Fsp3) is 0.619. The number of carbonyl (C=O) groups excluding carboxylic acids is 1. The third-order valence-corrected chi connectivity index (χ3v) is 6.00. The van der Waals surface area contributed by atoms with Gasteiger partial charge in [0, 0.05) is 38.4 Å². The Labute approximate surface area is 161 Å². The number of hydrogen-bond acceptors (Lipinski definition) is 4. The van der Waals surface area contributed by atoms with E-state index in [1.807, 2.05) is 32.0 Å². The van der Waals surface area contributed by atoms with Crippen molar-refractivity contribution in [1.29, 1.82) is 0 Å². The van der Waals surface area contributed by atoms with Crippen LogP contribution in [-0.2, 0) is 20.9 Å². The molecule has 1 amide bonds. The lowest BCUT2D eigenvalue weighted by atomic mass is 9.93. The summed E-state index contributed by atoms with van der Waals surface area (Å²) < 4.78 is 6.02. The second-order valence-corrected chi connectivity index (χ2v) is 7.59. The molecule has 0 saturated carbocycles. The van der Waals surface area contributed by atoms with Crippen molar-refractivity contribution in [3.63, 3.8) is 0 Å². The van der Waals surface area contributed by atoms with Gasteiger partial charge in [-0.2, -0.15) is 0 Å². The molecule has 2 aliphatic rings. The Morgan fingerprint density at radius 1 is 1.19 bits per heavy atom. The van der Waals surface area contributed by atoms with Crippen molar-refractivity contribution in [1.82, 2.24) is 9.80 Å². The normalized spacial score (nSPS) is 22.5. The Bertz CT molecular complexity index is 651. The number of amides is 1. The largest absolute Gasteiger partial charge is 0.480 e. The second kappa shape index (κ2) is 8.40. The molecule has 1 N–H and O–H groups in total. The van der Waals surface area contributed by atoms with Crippen molar-refractivity contribution in [2.45, 2.75) is 57.8 Å². The highest BCUT2D eigenvalue weighted by atomic mass is 16.5. The Morgan fingerprint density at radius 3 is 2.37 bits per heavy atom. The van der Waals surface area contributed by atoms with Crippen LogP contribution in [-0.4, -0.2) is 58.2 Å². The molecule has 0 radical (unpaired) electrons. The molecule has 0 aliphatic carbocycles. The minimum atomic E-state index is -0.974. The summed E-state index contributed by atoms with van der Waals surface area (Å²) in [4.78, 5) is 28.8. The van der Waals surface area contributed by atoms with E-state index in [2.05, 4.69) is 17.0 Å². The van der Waals surface area contributed by atoms with E-state index in [1.54, 1.807) is 4.90 Å². The van der Waals surface area contributed by atoms with Crippen molar-refractivity contribution in [3.8, 4) is 0 Å². The molecule has 1 aromatic rings. The molecule has 0 bridgehead atoms. The van der Waals surface area contributed by atoms with Gasteiger partial charge in [0.15, 0.2) is 6.04 Å². The van der Waals surface area contributed by atoms with Gasteiger partial charge < -0.3 is 9.84 Å². The van der Waals surface area contributed by atoms with Gasteiger partial charge in [0.25, 0.3) is 0 Å². The highest BCUT2D eigenvalue weighted by molar-refractivity contribution is 5.86. The van der Waals surface area contributed by atoms with E-state index in [9.17, 15) is 14.7 Å². The lowest BCUT2D eigenvalue weighted by Gasteiger charge is -2.45. The van der Waals surface area contributed by atoms with Gasteiger partial charge in [-0.3, -0.25) is 14.6 Å². The number of carboxylic acid groups (broad SMARTS) is 1. The number of likely N-dealkylation sites (tertiary alicyclic amines) is 1. The average molecular weight is 374 g/mol. The van der Waals surface area contributed by atoms with E-state index < -0.39 is 17.7 Å². The summed E-state index contributed by atoms with van der Waals surface area (Å²) in [5.74, 6) is -1.19. The first-order chi connectivity index (χ1) is 13.0. The van der Waals surface area contributed by atoms with Crippen molar-refractivity contribution in [2.24, 2.45) is 5.92 Å². The molecule has 0 unspecified atom stereocenters. The first-order valence-corrected chi connectivity index (χ1v) is 9.97. The Hall–Kier alpha value is -1.92. The number of rotatable bonds is 6. The Balaban J connectivity index is 1.73.